The lowest BCUT2D eigenvalue weighted by molar-refractivity contribution is 0.158. The highest BCUT2D eigenvalue weighted by molar-refractivity contribution is 7.92. The van der Waals surface area contributed by atoms with E-state index in [9.17, 15) is 73.8 Å². The smallest absolute Gasteiger partial charge is 0.217 e. The Morgan fingerprint density at radius 2 is 1.09 bits per heavy atom. The third kappa shape index (κ3) is 11.5. The molecule has 0 spiro atoms. The first-order valence-electron chi connectivity index (χ1n) is 14.6. The van der Waals surface area contributed by atoms with E-state index >= 15 is 0 Å². The van der Waals surface area contributed by atoms with Gasteiger partial charge in [0, 0.05) is 5.56 Å². The molecule has 2 atom stereocenters. The monoisotopic (exact) mass is 901 g/mol. The first-order valence-corrected chi connectivity index (χ1v) is 23.3. The van der Waals surface area contributed by atoms with Gasteiger partial charge in [-0.15, -0.1) is 5.11 Å². The molecule has 56 heavy (non-hydrogen) atoms. The van der Waals surface area contributed by atoms with E-state index in [-0.39, 0.29) is 21.2 Å². The minimum Gasteiger partial charge on any atom is -0.744 e. The number of rotatable bonds is 16. The first kappa shape index (κ1) is 44.5. The molecule has 306 valence electrons. The standard InChI is InChI=1S/C26H27N5O19S6/c27-23-22-15(13-20(53(37,38)39)24(23)30-28-16-1-5-18(6-2-16)51(33,34)11-9-49-55(43,44)45)14-21(54(40,41)42)25(26(22)32)31-29-17-3-7-19(8-4-17)52(35,36)12-10-50-56(46,47)48/h1-8,13-14,25-26,32H,9-12,27H2,(H,37,38,39)(H,40,41,42)(H,43,44,45)(H,46,47,48)/p-4. The highest BCUT2D eigenvalue weighted by Gasteiger charge is 2.37. The normalized spacial score (nSPS) is 17.3. The van der Waals surface area contributed by atoms with Crippen molar-refractivity contribution in [3.8, 4) is 0 Å². The Bertz CT molecular complexity index is 2790. The number of fused-ring (bicyclic) bond motifs is 1. The number of nitrogen functional groups attached to an aromatic ring is 1. The van der Waals surface area contributed by atoms with Gasteiger partial charge in [0.1, 0.15) is 38.1 Å². The molecule has 1 aliphatic rings. The zero-order valence-corrected chi connectivity index (χ0v) is 32.3. The second-order valence-electron chi connectivity index (χ2n) is 11.0. The molecule has 2 unspecified atom stereocenters. The van der Waals surface area contributed by atoms with Crippen LogP contribution in [0.5, 0.6) is 0 Å². The fourth-order valence-corrected chi connectivity index (χ4v) is 9.11. The lowest BCUT2D eigenvalue weighted by atomic mass is 9.89. The Balaban J connectivity index is 1.69. The van der Waals surface area contributed by atoms with Gasteiger partial charge in [0.15, 0.2) is 19.7 Å². The van der Waals surface area contributed by atoms with Crippen molar-refractivity contribution in [2.45, 2.75) is 26.8 Å². The van der Waals surface area contributed by atoms with Gasteiger partial charge in [-0.3, -0.25) is 8.37 Å². The Morgan fingerprint density at radius 3 is 1.50 bits per heavy atom. The summed E-state index contributed by atoms with van der Waals surface area (Å²) in [5, 5.41) is 26.1. The maximum absolute atomic E-state index is 12.4. The third-order valence-corrected chi connectivity index (χ3v) is 13.3. The van der Waals surface area contributed by atoms with Crippen molar-refractivity contribution >= 4 is 89.5 Å². The summed E-state index contributed by atoms with van der Waals surface area (Å²) in [6.07, 6.45) is -1.62. The van der Waals surface area contributed by atoms with Gasteiger partial charge >= 0.3 is 0 Å². The number of azo groups is 2. The van der Waals surface area contributed by atoms with Crippen molar-refractivity contribution in [2.75, 3.05) is 30.5 Å². The second-order valence-corrected chi connectivity index (χ2v) is 20.0. The van der Waals surface area contributed by atoms with E-state index in [0.29, 0.717) is 12.1 Å². The van der Waals surface area contributed by atoms with Crippen LogP contribution in [0.25, 0.3) is 6.08 Å². The third-order valence-electron chi connectivity index (χ3n) is 7.23. The zero-order valence-electron chi connectivity index (χ0n) is 27.4. The number of nitrogens with two attached hydrogens (primary N) is 1. The predicted octanol–water partition coefficient (Wildman–Crippen LogP) is 0.175. The Labute approximate surface area is 318 Å². The molecule has 30 heteroatoms. The topological polar surface area (TPSA) is 411 Å². The Kier molecular flexibility index (Phi) is 13.0. The number of hydrogen-bond donors (Lipinski definition) is 2. The molecular formula is C26H23N5O19S6-4. The lowest BCUT2D eigenvalue weighted by Gasteiger charge is -2.30. The summed E-state index contributed by atoms with van der Waals surface area (Å²) in [5.41, 5.74) is 3.12. The van der Waals surface area contributed by atoms with Crippen LogP contribution in [0.3, 0.4) is 0 Å². The van der Waals surface area contributed by atoms with Crippen molar-refractivity contribution in [1.82, 2.24) is 0 Å². The zero-order chi connectivity index (χ0) is 42.1. The fraction of sp³-hybridized carbons (Fsp3) is 0.231. The molecule has 0 amide bonds. The maximum atomic E-state index is 12.4. The molecule has 0 aliphatic heterocycles. The highest BCUT2D eigenvalue weighted by Crippen LogP contribution is 2.46. The summed E-state index contributed by atoms with van der Waals surface area (Å²) in [5.74, 6) is -1.82. The molecule has 24 nitrogen and oxygen atoms in total. The van der Waals surface area contributed by atoms with Crippen LogP contribution in [0.2, 0.25) is 0 Å². The van der Waals surface area contributed by atoms with Crippen molar-refractivity contribution < 1.29 is 82.2 Å². The largest absolute Gasteiger partial charge is 0.744 e. The fourth-order valence-electron chi connectivity index (χ4n) is 4.74. The predicted molar refractivity (Wildman–Crippen MR) is 182 cm³/mol. The second kappa shape index (κ2) is 16.4. The van der Waals surface area contributed by atoms with E-state index in [1.165, 1.54) is 0 Å². The average Bonchev–Trinajstić information content (AvgIpc) is 3.05. The molecule has 0 bridgehead atoms. The van der Waals surface area contributed by atoms with E-state index in [0.717, 1.165) is 48.5 Å². The summed E-state index contributed by atoms with van der Waals surface area (Å²) in [7, 11) is -29.7. The molecule has 0 heterocycles. The molecule has 0 fully saturated rings. The van der Waals surface area contributed by atoms with Crippen LogP contribution >= 0.6 is 0 Å². The highest BCUT2D eigenvalue weighted by atomic mass is 32.3. The molecule has 0 saturated heterocycles. The first-order chi connectivity index (χ1) is 25.6. The van der Waals surface area contributed by atoms with E-state index in [1.54, 1.807) is 0 Å². The van der Waals surface area contributed by atoms with Crippen LogP contribution in [0, 0.1) is 0 Å². The number of nitrogens with zero attached hydrogens (tertiary/aromatic N) is 4. The quantitative estimate of drug-likeness (QED) is 0.0837. The van der Waals surface area contributed by atoms with Crippen molar-refractivity contribution in [3.63, 3.8) is 0 Å². The summed E-state index contributed by atoms with van der Waals surface area (Å²) >= 11 is 0. The van der Waals surface area contributed by atoms with Gasteiger partial charge in [-0.05, 0) is 66.2 Å². The molecule has 1 aliphatic carbocycles. The van der Waals surface area contributed by atoms with Crippen LogP contribution in [-0.2, 0) is 69.1 Å². The molecule has 0 aromatic heterocycles. The van der Waals surface area contributed by atoms with Crippen LogP contribution in [0.1, 0.15) is 17.2 Å². The van der Waals surface area contributed by atoms with Crippen LogP contribution in [0.15, 0.2) is 94.6 Å². The summed E-state index contributed by atoms with van der Waals surface area (Å²) < 4.78 is 194. The number of hydrogen-bond acceptors (Lipinski definition) is 24. The van der Waals surface area contributed by atoms with E-state index < -0.39 is 130 Å². The number of benzene rings is 3. The minimum atomic E-state index is -5.51. The van der Waals surface area contributed by atoms with Gasteiger partial charge in [-0.2, -0.15) is 15.3 Å². The summed E-state index contributed by atoms with van der Waals surface area (Å²) in [4.78, 5) is -3.12. The molecule has 3 aromatic rings. The summed E-state index contributed by atoms with van der Waals surface area (Å²) in [6, 6.07) is 6.52. The lowest BCUT2D eigenvalue weighted by Crippen LogP contribution is -2.28. The van der Waals surface area contributed by atoms with Crippen molar-refractivity contribution in [3.05, 3.63) is 70.6 Å². The Morgan fingerprint density at radius 1 is 0.643 bits per heavy atom. The van der Waals surface area contributed by atoms with E-state index in [2.05, 4.69) is 28.8 Å². The van der Waals surface area contributed by atoms with Crippen LogP contribution in [-0.4, -0.2) is 105 Å². The van der Waals surface area contributed by atoms with Gasteiger partial charge in [0.25, 0.3) is 0 Å². The van der Waals surface area contributed by atoms with E-state index in [4.69, 9.17) is 5.73 Å². The van der Waals surface area contributed by atoms with Crippen LogP contribution in [0.4, 0.5) is 22.7 Å². The average molecular weight is 902 g/mol. The Hall–Kier alpha value is -4.18. The molecular weight excluding hydrogens is 879 g/mol. The molecule has 4 rings (SSSR count). The van der Waals surface area contributed by atoms with Gasteiger partial charge in [0.2, 0.25) is 20.8 Å². The number of aliphatic hydroxyl groups is 1. The molecule has 0 saturated carbocycles. The molecule has 3 N–H and O–H groups in total. The van der Waals surface area contributed by atoms with E-state index in [1.807, 2.05) is 0 Å². The van der Waals surface area contributed by atoms with Gasteiger partial charge < -0.3 is 29.1 Å². The molecule has 0 radical (unpaired) electrons. The minimum absolute atomic E-state index is 0.178. The number of aliphatic hydroxyl groups excluding tert-OH is 1. The van der Waals surface area contributed by atoms with Crippen molar-refractivity contribution in [1.29, 1.82) is 0 Å². The number of sulfone groups is 2. The van der Waals surface area contributed by atoms with Gasteiger partial charge in [0.05, 0.1) is 61.4 Å². The summed E-state index contributed by atoms with van der Waals surface area (Å²) in [6.45, 7) is -1.96. The van der Waals surface area contributed by atoms with Gasteiger partial charge in [-0.25, -0.2) is 50.5 Å². The number of anilines is 1. The molecule has 3 aromatic carbocycles. The SMILES string of the molecule is Nc1c(N=Nc2ccc(S(=O)(=O)CCOS(=O)(=O)[O-])cc2)c(S(=O)(=O)[O-])cc2c1C(O)C(N=Nc1ccc(S(=O)(=O)CCOS(=O)(=O)[O-])cc1)C(S(=O)(=O)[O-])=C2. The van der Waals surface area contributed by atoms with Gasteiger partial charge in [-0.1, -0.05) is 0 Å². The maximum Gasteiger partial charge on any atom is 0.217 e. The van der Waals surface area contributed by atoms with Crippen molar-refractivity contribution in [2.24, 2.45) is 20.5 Å². The van der Waals surface area contributed by atoms with Crippen LogP contribution < -0.4 is 5.73 Å².